The first kappa shape index (κ1) is 10.4. The van der Waals surface area contributed by atoms with E-state index in [-0.39, 0.29) is 5.69 Å². The lowest BCUT2D eigenvalue weighted by atomic mass is 10.2. The first-order chi connectivity index (χ1) is 7.65. The van der Waals surface area contributed by atoms with Crippen LogP contribution in [0.3, 0.4) is 0 Å². The van der Waals surface area contributed by atoms with Crippen LogP contribution in [0.1, 0.15) is 10.5 Å². The van der Waals surface area contributed by atoms with Crippen molar-refractivity contribution in [1.82, 2.24) is 4.98 Å². The van der Waals surface area contributed by atoms with Crippen molar-refractivity contribution in [2.24, 2.45) is 0 Å². The van der Waals surface area contributed by atoms with E-state index in [2.05, 4.69) is 4.98 Å². The van der Waals surface area contributed by atoms with Crippen molar-refractivity contribution in [3.8, 4) is 11.5 Å². The molecule has 2 aromatic rings. The number of nitrogens with one attached hydrogen (secondary N) is 1. The van der Waals surface area contributed by atoms with Gasteiger partial charge in [-0.3, -0.25) is 0 Å². The molecule has 0 atom stereocenters. The quantitative estimate of drug-likeness (QED) is 0.819. The molecule has 84 valence electrons. The molecule has 0 saturated carbocycles. The van der Waals surface area contributed by atoms with Crippen molar-refractivity contribution in [3.63, 3.8) is 0 Å². The number of carboxylic acids is 1. The monoisotopic (exact) mass is 220 g/mol. The maximum atomic E-state index is 10.7. The van der Waals surface area contributed by atoms with Gasteiger partial charge >= 0.3 is 0 Å². The Balaban J connectivity index is 2.64. The van der Waals surface area contributed by atoms with Gasteiger partial charge in [-0.05, 0) is 12.1 Å². The van der Waals surface area contributed by atoms with Crippen LogP contribution in [0, 0.1) is 0 Å². The number of aromatic carboxylic acids is 1. The van der Waals surface area contributed by atoms with Crippen LogP contribution < -0.4 is 14.6 Å². The molecule has 1 heterocycles. The summed E-state index contributed by atoms with van der Waals surface area (Å²) in [6.07, 6.45) is 0. The fraction of sp³-hybridized carbons (Fsp3) is 0.182. The molecule has 1 aromatic carbocycles. The summed E-state index contributed by atoms with van der Waals surface area (Å²) >= 11 is 0. The summed E-state index contributed by atoms with van der Waals surface area (Å²) in [5, 5.41) is 11.4. The van der Waals surface area contributed by atoms with Gasteiger partial charge in [-0.15, -0.1) is 0 Å². The van der Waals surface area contributed by atoms with Gasteiger partial charge in [-0.2, -0.15) is 0 Å². The number of aromatic nitrogens is 1. The van der Waals surface area contributed by atoms with Crippen LogP contribution in [0.2, 0.25) is 0 Å². The smallest absolute Gasteiger partial charge is 0.162 e. The van der Waals surface area contributed by atoms with E-state index in [9.17, 15) is 9.90 Å². The van der Waals surface area contributed by atoms with E-state index < -0.39 is 5.97 Å². The van der Waals surface area contributed by atoms with E-state index in [0.717, 1.165) is 5.39 Å². The molecule has 0 aliphatic heterocycles. The minimum absolute atomic E-state index is 0.0327. The molecule has 16 heavy (non-hydrogen) atoms. The van der Waals surface area contributed by atoms with Crippen molar-refractivity contribution in [2.45, 2.75) is 0 Å². The second kappa shape index (κ2) is 3.77. The predicted octanol–water partition coefficient (Wildman–Crippen LogP) is 0.549. The number of carboxylic acid groups (broad SMARTS) is 1. The number of benzene rings is 1. The standard InChI is InChI=1S/C11H11NO4/c1-15-9-4-6-3-8(11(13)14)12-7(6)5-10(9)16-2/h3-5,12H,1-2H3,(H,13,14)/p-1. The highest BCUT2D eigenvalue weighted by atomic mass is 16.5. The average molecular weight is 220 g/mol. The fourth-order valence-corrected chi connectivity index (χ4v) is 1.57. The average Bonchev–Trinajstić information content (AvgIpc) is 2.69. The lowest BCUT2D eigenvalue weighted by Gasteiger charge is -2.06. The summed E-state index contributed by atoms with van der Waals surface area (Å²) in [5.41, 5.74) is 0.696. The zero-order valence-electron chi connectivity index (χ0n) is 8.87. The molecule has 0 unspecified atom stereocenters. The molecular weight excluding hydrogens is 210 g/mol. The maximum absolute atomic E-state index is 10.7. The Morgan fingerprint density at radius 1 is 1.19 bits per heavy atom. The van der Waals surface area contributed by atoms with Gasteiger partial charge < -0.3 is 24.4 Å². The molecule has 0 radical (unpaired) electrons. The number of fused-ring (bicyclic) bond motifs is 1. The van der Waals surface area contributed by atoms with Gasteiger partial charge in [-0.25, -0.2) is 0 Å². The largest absolute Gasteiger partial charge is 0.543 e. The first-order valence-corrected chi connectivity index (χ1v) is 4.62. The van der Waals surface area contributed by atoms with E-state index in [0.29, 0.717) is 17.0 Å². The highest BCUT2D eigenvalue weighted by Gasteiger charge is 2.08. The summed E-state index contributed by atoms with van der Waals surface area (Å²) in [6, 6.07) is 4.88. The van der Waals surface area contributed by atoms with Gasteiger partial charge in [0.15, 0.2) is 11.5 Å². The van der Waals surface area contributed by atoms with Crippen LogP contribution in [0.15, 0.2) is 18.2 Å². The molecule has 2 rings (SSSR count). The number of hydrogen-bond donors (Lipinski definition) is 1. The molecule has 0 aliphatic rings. The van der Waals surface area contributed by atoms with Crippen molar-refractivity contribution >= 4 is 16.9 Å². The van der Waals surface area contributed by atoms with E-state index >= 15 is 0 Å². The van der Waals surface area contributed by atoms with Crippen LogP contribution >= 0.6 is 0 Å². The minimum atomic E-state index is -1.24. The molecular formula is C11H10NO4-. The third kappa shape index (κ3) is 1.56. The fourth-order valence-electron chi connectivity index (χ4n) is 1.57. The van der Waals surface area contributed by atoms with Gasteiger partial charge in [0.2, 0.25) is 0 Å². The number of hydrogen-bond acceptors (Lipinski definition) is 4. The Morgan fingerprint density at radius 2 is 1.81 bits per heavy atom. The van der Waals surface area contributed by atoms with Gasteiger partial charge in [0.1, 0.15) is 0 Å². The van der Waals surface area contributed by atoms with Crippen LogP contribution in [-0.4, -0.2) is 25.2 Å². The summed E-state index contributed by atoms with van der Waals surface area (Å²) in [7, 11) is 3.04. The molecule has 0 fully saturated rings. The summed E-state index contributed by atoms with van der Waals surface area (Å²) < 4.78 is 10.2. The second-order valence-corrected chi connectivity index (χ2v) is 3.26. The van der Waals surface area contributed by atoms with E-state index in [1.165, 1.54) is 20.3 Å². The Bertz CT molecular complexity index is 503. The number of aromatic amines is 1. The van der Waals surface area contributed by atoms with E-state index in [1.807, 2.05) is 0 Å². The zero-order chi connectivity index (χ0) is 11.7. The molecule has 0 bridgehead atoms. The molecule has 0 spiro atoms. The number of methoxy groups -OCH3 is 2. The second-order valence-electron chi connectivity index (χ2n) is 3.26. The SMILES string of the molecule is COc1cc2cc(C(=O)[O-])[nH]c2cc1OC. The first-order valence-electron chi connectivity index (χ1n) is 4.62. The number of rotatable bonds is 3. The van der Waals surface area contributed by atoms with Gasteiger partial charge in [0, 0.05) is 17.0 Å². The molecule has 5 nitrogen and oxygen atoms in total. The third-order valence-corrected chi connectivity index (χ3v) is 2.34. The molecule has 5 heteroatoms. The third-order valence-electron chi connectivity index (χ3n) is 2.34. The van der Waals surface area contributed by atoms with Crippen molar-refractivity contribution < 1.29 is 19.4 Å². The summed E-state index contributed by atoms with van der Waals surface area (Å²) in [4.78, 5) is 13.4. The van der Waals surface area contributed by atoms with Crippen molar-refractivity contribution in [2.75, 3.05) is 14.2 Å². The van der Waals surface area contributed by atoms with Crippen molar-refractivity contribution in [1.29, 1.82) is 0 Å². The Morgan fingerprint density at radius 3 is 2.38 bits per heavy atom. The number of H-pyrrole nitrogens is 1. The highest BCUT2D eigenvalue weighted by molar-refractivity contribution is 5.93. The topological polar surface area (TPSA) is 74.4 Å². The van der Waals surface area contributed by atoms with Crippen LogP contribution in [0.4, 0.5) is 0 Å². The Labute approximate surface area is 91.6 Å². The highest BCUT2D eigenvalue weighted by Crippen LogP contribution is 2.32. The van der Waals surface area contributed by atoms with Gasteiger partial charge in [0.25, 0.3) is 0 Å². The molecule has 1 aromatic heterocycles. The molecule has 0 aliphatic carbocycles. The number of ether oxygens (including phenoxy) is 2. The predicted molar refractivity (Wildman–Crippen MR) is 55.7 cm³/mol. The lowest BCUT2D eigenvalue weighted by Crippen LogP contribution is -2.22. The van der Waals surface area contributed by atoms with E-state index in [1.54, 1.807) is 12.1 Å². The number of carbonyl (C=O) groups excluding carboxylic acids is 1. The maximum Gasteiger partial charge on any atom is 0.162 e. The molecule has 0 saturated heterocycles. The summed E-state index contributed by atoms with van der Waals surface area (Å²) in [5.74, 6) is -0.144. The van der Waals surface area contributed by atoms with Crippen LogP contribution in [0.5, 0.6) is 11.5 Å². The Kier molecular flexibility index (Phi) is 2.44. The van der Waals surface area contributed by atoms with Crippen LogP contribution in [-0.2, 0) is 0 Å². The van der Waals surface area contributed by atoms with Gasteiger partial charge in [0.05, 0.1) is 25.9 Å². The molecule has 0 amide bonds. The molecule has 1 N–H and O–H groups in total. The van der Waals surface area contributed by atoms with Crippen molar-refractivity contribution in [3.05, 3.63) is 23.9 Å². The normalized spacial score (nSPS) is 10.4. The minimum Gasteiger partial charge on any atom is -0.543 e. The van der Waals surface area contributed by atoms with E-state index in [4.69, 9.17) is 9.47 Å². The summed E-state index contributed by atoms with van der Waals surface area (Å²) in [6.45, 7) is 0. The lowest BCUT2D eigenvalue weighted by molar-refractivity contribution is -0.255. The zero-order valence-corrected chi connectivity index (χ0v) is 8.87. The van der Waals surface area contributed by atoms with Crippen LogP contribution in [0.25, 0.3) is 10.9 Å². The Hall–Kier alpha value is -2.17. The number of carbonyl (C=O) groups is 1. The van der Waals surface area contributed by atoms with Gasteiger partial charge in [-0.1, -0.05) is 0 Å².